The smallest absolute Gasteiger partial charge is 0.408 e. The molecule has 0 radical (unpaired) electrons. The maximum atomic E-state index is 14.1. The molecule has 5 N–H and O–H groups in total. The van der Waals surface area contributed by atoms with Crippen molar-refractivity contribution in [3.05, 3.63) is 82.9 Å². The SMILES string of the molecule is CC(=O)O[C@@]12CO[C@@H]1C[C@H](O)[C@]1(C)[C@@H]2[C@H](OC(=O)c2ccccc2)[C@@H]2C[C@H](OC(=O)[C@H](O)[C@@H](NC(=O)OC(C)(C)C)c3ccccc3)C(C)=C([C@@H](O)[C@@H]1O)C2(C)C. The molecule has 3 aliphatic carbocycles. The number of ether oxygens (including phenoxy) is 5. The lowest BCUT2D eigenvalue weighted by Gasteiger charge is -2.67. The maximum absolute atomic E-state index is 14.1. The average Bonchev–Trinajstić information content (AvgIpc) is 3.13. The highest BCUT2D eigenvalue weighted by Crippen LogP contribution is 2.64. The van der Waals surface area contributed by atoms with E-state index in [0.29, 0.717) is 16.7 Å². The molecule has 310 valence electrons. The lowest BCUT2D eigenvalue weighted by Crippen LogP contribution is -2.80. The molecule has 6 rings (SSSR count). The van der Waals surface area contributed by atoms with Crippen molar-refractivity contribution in [2.45, 2.75) is 128 Å². The second kappa shape index (κ2) is 15.4. The Hall–Kier alpha value is -4.34. The van der Waals surface area contributed by atoms with Crippen molar-refractivity contribution in [1.29, 1.82) is 0 Å². The van der Waals surface area contributed by atoms with Gasteiger partial charge in [-0.25, -0.2) is 14.4 Å². The van der Waals surface area contributed by atoms with Gasteiger partial charge in [0.25, 0.3) is 0 Å². The van der Waals surface area contributed by atoms with Crippen LogP contribution in [0.3, 0.4) is 0 Å². The Bertz CT molecular complexity index is 1880. The number of fused-ring (bicyclic) bond motifs is 5. The van der Waals surface area contributed by atoms with Crippen molar-refractivity contribution >= 4 is 24.0 Å². The van der Waals surface area contributed by atoms with E-state index >= 15 is 0 Å². The van der Waals surface area contributed by atoms with Gasteiger partial charge in [0, 0.05) is 24.7 Å². The predicted octanol–water partition coefficient (Wildman–Crippen LogP) is 3.94. The molecule has 0 spiro atoms. The fourth-order valence-corrected chi connectivity index (χ4v) is 9.86. The highest BCUT2D eigenvalue weighted by Gasteiger charge is 2.75. The standard InChI is InChI=1S/C43H55NO13/c1-22-27(54-38(51)33(48)31(24-15-11-9-12-16-24)44-39(52)57-40(3,4)5)19-26-34(55-37(50)25-17-13-10-14-18-25)35-42(8,36(49)32(47)30(22)41(26,6)7)28(46)20-29-43(35,21-53-29)56-23(2)45/h9-18,26-29,31-36,46-49H,19-21H2,1-8H3,(H,44,52)/t26-,27-,28-,29+,31-,32+,33+,34+,35-,36-,42+,43-/m0/s1. The van der Waals surface area contributed by atoms with Gasteiger partial charge in [-0.2, -0.15) is 0 Å². The first-order chi connectivity index (χ1) is 26.6. The van der Waals surface area contributed by atoms with Crippen LogP contribution < -0.4 is 5.32 Å². The number of hydrogen-bond acceptors (Lipinski definition) is 13. The number of rotatable bonds is 8. The summed E-state index contributed by atoms with van der Waals surface area (Å²) in [6.07, 6.45) is -10.7. The summed E-state index contributed by atoms with van der Waals surface area (Å²) in [7, 11) is 0. The molecular weight excluding hydrogens is 738 g/mol. The molecule has 1 amide bonds. The summed E-state index contributed by atoms with van der Waals surface area (Å²) < 4.78 is 30.0. The Balaban J connectivity index is 1.45. The molecule has 0 aromatic heterocycles. The van der Waals surface area contributed by atoms with Crippen LogP contribution >= 0.6 is 0 Å². The molecule has 1 aliphatic heterocycles. The zero-order valence-corrected chi connectivity index (χ0v) is 33.6. The van der Waals surface area contributed by atoms with Crippen LogP contribution in [0, 0.1) is 22.7 Å². The molecule has 2 aromatic rings. The number of benzene rings is 2. The first kappa shape index (κ1) is 42.3. The molecule has 1 saturated heterocycles. The van der Waals surface area contributed by atoms with Gasteiger partial charge in [0.1, 0.15) is 30.0 Å². The average molecular weight is 794 g/mol. The molecule has 4 aliphatic rings. The van der Waals surface area contributed by atoms with Crippen LogP contribution in [-0.4, -0.2) is 105 Å². The van der Waals surface area contributed by atoms with E-state index in [1.165, 1.54) is 6.92 Å². The number of hydrogen-bond donors (Lipinski definition) is 5. The van der Waals surface area contributed by atoms with Gasteiger partial charge >= 0.3 is 24.0 Å². The summed E-state index contributed by atoms with van der Waals surface area (Å²) in [5, 5.41) is 50.7. The molecule has 2 aromatic carbocycles. The zero-order chi connectivity index (χ0) is 41.8. The largest absolute Gasteiger partial charge is 0.458 e. The summed E-state index contributed by atoms with van der Waals surface area (Å²) >= 11 is 0. The number of nitrogens with one attached hydrogen (secondary N) is 1. The summed E-state index contributed by atoms with van der Waals surface area (Å²) in [4.78, 5) is 54.0. The molecule has 0 unspecified atom stereocenters. The van der Waals surface area contributed by atoms with Crippen LogP contribution in [0.1, 0.15) is 90.2 Å². The summed E-state index contributed by atoms with van der Waals surface area (Å²) in [5.41, 5.74) is -3.76. The predicted molar refractivity (Wildman–Crippen MR) is 203 cm³/mol. The van der Waals surface area contributed by atoms with Gasteiger partial charge in [-0.1, -0.05) is 69.3 Å². The minimum Gasteiger partial charge on any atom is -0.458 e. The van der Waals surface area contributed by atoms with Crippen LogP contribution in [0.5, 0.6) is 0 Å². The Labute approximate surface area is 332 Å². The Kier molecular flexibility index (Phi) is 11.5. The van der Waals surface area contributed by atoms with Crippen molar-refractivity contribution in [1.82, 2.24) is 5.32 Å². The fourth-order valence-electron chi connectivity index (χ4n) is 9.86. The number of carbonyl (C=O) groups excluding carboxylic acids is 4. The Morgan fingerprint density at radius 3 is 2.09 bits per heavy atom. The quantitative estimate of drug-likeness (QED) is 0.146. The molecule has 14 heteroatoms. The number of alkyl carbamates (subject to hydrolysis) is 1. The van der Waals surface area contributed by atoms with E-state index in [9.17, 15) is 39.6 Å². The van der Waals surface area contributed by atoms with Gasteiger partial charge in [0.15, 0.2) is 11.7 Å². The molecule has 2 bridgehead atoms. The third-order valence-corrected chi connectivity index (χ3v) is 12.6. The molecular formula is C43H55NO13. The number of aliphatic hydroxyl groups excluding tert-OH is 4. The third-order valence-electron chi connectivity index (χ3n) is 12.6. The van der Waals surface area contributed by atoms with E-state index in [1.807, 2.05) is 13.8 Å². The molecule has 2 saturated carbocycles. The van der Waals surface area contributed by atoms with E-state index in [2.05, 4.69) is 5.32 Å². The highest BCUT2D eigenvalue weighted by atomic mass is 16.6. The second-order valence-electron chi connectivity index (χ2n) is 17.6. The summed E-state index contributed by atoms with van der Waals surface area (Å²) in [6, 6.07) is 15.3. The van der Waals surface area contributed by atoms with Crippen LogP contribution in [0.2, 0.25) is 0 Å². The van der Waals surface area contributed by atoms with Gasteiger partial charge in [-0.05, 0) is 68.4 Å². The lowest BCUT2D eigenvalue weighted by atomic mass is 9.45. The molecule has 57 heavy (non-hydrogen) atoms. The summed E-state index contributed by atoms with van der Waals surface area (Å²) in [6.45, 7) is 13.0. The van der Waals surface area contributed by atoms with Crippen molar-refractivity contribution in [2.75, 3.05) is 6.61 Å². The Morgan fingerprint density at radius 2 is 1.53 bits per heavy atom. The van der Waals surface area contributed by atoms with Crippen LogP contribution in [-0.2, 0) is 33.3 Å². The number of carbonyl (C=O) groups is 4. The van der Waals surface area contributed by atoms with E-state index < -0.39 is 107 Å². The van der Waals surface area contributed by atoms with Gasteiger partial charge in [0.2, 0.25) is 0 Å². The molecule has 14 nitrogen and oxygen atoms in total. The van der Waals surface area contributed by atoms with Crippen LogP contribution in [0.4, 0.5) is 4.79 Å². The molecule has 12 atom stereocenters. The van der Waals surface area contributed by atoms with Gasteiger partial charge in [-0.3, -0.25) is 4.79 Å². The summed E-state index contributed by atoms with van der Waals surface area (Å²) in [5.74, 6) is -4.43. The van der Waals surface area contributed by atoms with E-state index in [1.54, 1.807) is 95.3 Å². The fraction of sp³-hybridized carbons (Fsp3) is 0.581. The normalized spacial score (nSPS) is 34.0. The lowest BCUT2D eigenvalue weighted by molar-refractivity contribution is -0.354. The van der Waals surface area contributed by atoms with Crippen LogP contribution in [0.15, 0.2) is 71.8 Å². The minimum absolute atomic E-state index is 0.0177. The van der Waals surface area contributed by atoms with Crippen molar-refractivity contribution < 1.29 is 63.3 Å². The number of esters is 3. The monoisotopic (exact) mass is 793 g/mol. The molecule has 3 fully saturated rings. The van der Waals surface area contributed by atoms with Gasteiger partial charge < -0.3 is 49.4 Å². The Morgan fingerprint density at radius 1 is 0.912 bits per heavy atom. The van der Waals surface area contributed by atoms with Crippen molar-refractivity contribution in [2.24, 2.45) is 22.7 Å². The highest BCUT2D eigenvalue weighted by molar-refractivity contribution is 5.89. The first-order valence-electron chi connectivity index (χ1n) is 19.4. The first-order valence-corrected chi connectivity index (χ1v) is 19.4. The molecule has 1 heterocycles. The number of aliphatic hydroxyl groups is 4. The third kappa shape index (κ3) is 7.58. The number of amides is 1. The topological polar surface area (TPSA) is 207 Å². The van der Waals surface area contributed by atoms with E-state index in [-0.39, 0.29) is 25.0 Å². The van der Waals surface area contributed by atoms with Crippen LogP contribution in [0.25, 0.3) is 0 Å². The maximum Gasteiger partial charge on any atom is 0.408 e. The second-order valence-corrected chi connectivity index (χ2v) is 17.6. The minimum atomic E-state index is -1.93. The van der Waals surface area contributed by atoms with E-state index in [0.717, 1.165) is 0 Å². The van der Waals surface area contributed by atoms with Crippen molar-refractivity contribution in [3.63, 3.8) is 0 Å². The van der Waals surface area contributed by atoms with Crippen molar-refractivity contribution in [3.8, 4) is 0 Å². The zero-order valence-electron chi connectivity index (χ0n) is 33.6. The van der Waals surface area contributed by atoms with Gasteiger partial charge in [-0.15, -0.1) is 0 Å². The van der Waals surface area contributed by atoms with E-state index in [4.69, 9.17) is 23.7 Å². The van der Waals surface area contributed by atoms with Gasteiger partial charge in [0.05, 0.1) is 36.3 Å².